The predicted octanol–water partition coefficient (Wildman–Crippen LogP) is -0.226. The van der Waals surface area contributed by atoms with E-state index in [4.69, 9.17) is 0 Å². The van der Waals surface area contributed by atoms with Crippen LogP contribution in [0.4, 0.5) is 0 Å². The maximum absolute atomic E-state index is 10.5. The first-order chi connectivity index (χ1) is 5.42. The van der Waals surface area contributed by atoms with Crippen molar-refractivity contribution in [2.75, 3.05) is 0 Å². The summed E-state index contributed by atoms with van der Waals surface area (Å²) in [5, 5.41) is 0. The van der Waals surface area contributed by atoms with E-state index in [2.05, 4.69) is 10.4 Å². The maximum atomic E-state index is 10.5. The molecule has 56 valence electrons. The van der Waals surface area contributed by atoms with Crippen LogP contribution in [0.15, 0.2) is 24.3 Å². The van der Waals surface area contributed by atoms with Crippen LogP contribution in [0.3, 0.4) is 0 Å². The van der Waals surface area contributed by atoms with Gasteiger partial charge in [-0.3, -0.25) is 0 Å². The van der Waals surface area contributed by atoms with Crippen molar-refractivity contribution >= 4 is 25.9 Å². The van der Waals surface area contributed by atoms with Gasteiger partial charge in [0, 0.05) is 0 Å². The predicted molar refractivity (Wildman–Crippen MR) is 43.8 cm³/mol. The van der Waals surface area contributed by atoms with Crippen molar-refractivity contribution in [3.05, 3.63) is 29.8 Å². The molecule has 0 aromatic heterocycles. The molecule has 0 spiro atoms. The van der Waals surface area contributed by atoms with Gasteiger partial charge in [-0.1, -0.05) is 0 Å². The van der Waals surface area contributed by atoms with Gasteiger partial charge in [-0.05, 0) is 0 Å². The fraction of sp³-hybridized carbons (Fsp3) is 0.125. The molecule has 0 fully saturated rings. The molecule has 1 unspecified atom stereocenters. The molecule has 11 heavy (non-hydrogen) atoms. The Balaban J connectivity index is 2.46. The van der Waals surface area contributed by atoms with E-state index in [0.717, 1.165) is 11.8 Å². The van der Waals surface area contributed by atoms with E-state index in [9.17, 15) is 4.79 Å². The summed E-state index contributed by atoms with van der Waals surface area (Å²) in [7, 11) is 0. The van der Waals surface area contributed by atoms with Crippen molar-refractivity contribution in [2.45, 2.75) is 6.04 Å². The Morgan fingerprint density at radius 3 is 3.09 bits per heavy atom. The number of hydrogen-bond acceptors (Lipinski definition) is 2. The van der Waals surface area contributed by atoms with Gasteiger partial charge in [0.25, 0.3) is 0 Å². The van der Waals surface area contributed by atoms with Gasteiger partial charge in [-0.2, -0.15) is 0 Å². The standard InChI is InChI=1S/C8H7NOSe/c10-5-7-6-3-1-2-4-8(6)11-9-7/h1-5,7,9H. The molecule has 1 heterocycles. The molecule has 1 N–H and O–H groups in total. The fourth-order valence-corrected chi connectivity index (χ4v) is 3.00. The second-order valence-electron chi connectivity index (χ2n) is 2.37. The first-order valence-corrected chi connectivity index (χ1v) is 5.10. The number of nitrogens with one attached hydrogen (secondary N) is 1. The van der Waals surface area contributed by atoms with E-state index in [0.29, 0.717) is 15.2 Å². The summed E-state index contributed by atoms with van der Waals surface area (Å²) in [6.45, 7) is 0. The molecule has 0 aliphatic carbocycles. The number of rotatable bonds is 1. The topological polar surface area (TPSA) is 29.1 Å². The van der Waals surface area contributed by atoms with Crippen LogP contribution < -0.4 is 8.79 Å². The minimum atomic E-state index is -0.0498. The first-order valence-electron chi connectivity index (χ1n) is 3.38. The molecular weight excluding hydrogens is 205 g/mol. The summed E-state index contributed by atoms with van der Waals surface area (Å²) in [5.41, 5.74) is 1.16. The summed E-state index contributed by atoms with van der Waals surface area (Å²) in [4.78, 5) is 10.5. The zero-order valence-electron chi connectivity index (χ0n) is 5.78. The van der Waals surface area contributed by atoms with Crippen LogP contribution in [0.25, 0.3) is 0 Å². The van der Waals surface area contributed by atoms with Crippen molar-refractivity contribution in [3.63, 3.8) is 0 Å². The minimum absolute atomic E-state index is 0.0498. The van der Waals surface area contributed by atoms with E-state index in [1.807, 2.05) is 18.2 Å². The molecule has 3 heteroatoms. The van der Waals surface area contributed by atoms with E-state index in [1.165, 1.54) is 4.46 Å². The number of carbonyl (C=O) groups is 1. The Labute approximate surface area is 71.4 Å². The Hall–Kier alpha value is -0.631. The molecule has 1 atom stereocenters. The van der Waals surface area contributed by atoms with E-state index in [1.54, 1.807) is 0 Å². The quantitative estimate of drug-likeness (QED) is 0.514. The van der Waals surface area contributed by atoms with Gasteiger partial charge in [0.05, 0.1) is 0 Å². The average Bonchev–Trinajstić information content (AvgIpc) is 2.47. The summed E-state index contributed by atoms with van der Waals surface area (Å²) in [5.74, 6) is 0. The summed E-state index contributed by atoms with van der Waals surface area (Å²) < 4.78 is 4.47. The molecule has 0 bridgehead atoms. The Morgan fingerprint density at radius 2 is 2.27 bits per heavy atom. The second-order valence-corrected chi connectivity index (χ2v) is 4.22. The summed E-state index contributed by atoms with van der Waals surface area (Å²) in [6, 6.07) is 8.02. The molecule has 0 radical (unpaired) electrons. The third-order valence-electron chi connectivity index (χ3n) is 1.69. The molecule has 1 aromatic carbocycles. The van der Waals surface area contributed by atoms with Crippen LogP contribution in [0, 0.1) is 0 Å². The van der Waals surface area contributed by atoms with E-state index >= 15 is 0 Å². The van der Waals surface area contributed by atoms with Crippen molar-refractivity contribution < 1.29 is 4.79 Å². The van der Waals surface area contributed by atoms with Gasteiger partial charge in [0.2, 0.25) is 0 Å². The monoisotopic (exact) mass is 213 g/mol. The van der Waals surface area contributed by atoms with Gasteiger partial charge in [0.15, 0.2) is 0 Å². The zero-order chi connectivity index (χ0) is 7.68. The molecular formula is C8H7NOSe. The first kappa shape index (κ1) is 7.04. The number of hydrogen-bond donors (Lipinski definition) is 1. The summed E-state index contributed by atoms with van der Waals surface area (Å²) >= 11 is 0.294. The summed E-state index contributed by atoms with van der Waals surface area (Å²) in [6.07, 6.45) is 0.966. The van der Waals surface area contributed by atoms with Crippen LogP contribution in [0.1, 0.15) is 11.6 Å². The normalized spacial score (nSPS) is 21.3. The van der Waals surface area contributed by atoms with Gasteiger partial charge in [0.1, 0.15) is 0 Å². The van der Waals surface area contributed by atoms with Crippen molar-refractivity contribution in [1.82, 2.24) is 4.33 Å². The molecule has 1 aromatic rings. The van der Waals surface area contributed by atoms with Gasteiger partial charge in [-0.15, -0.1) is 0 Å². The van der Waals surface area contributed by atoms with Gasteiger partial charge < -0.3 is 0 Å². The third-order valence-corrected chi connectivity index (χ3v) is 3.71. The number of benzene rings is 1. The van der Waals surface area contributed by atoms with Crippen molar-refractivity contribution in [3.8, 4) is 0 Å². The van der Waals surface area contributed by atoms with Crippen molar-refractivity contribution in [1.29, 1.82) is 0 Å². The molecule has 0 saturated carbocycles. The SMILES string of the molecule is O=CC1N[Se]c2ccccc21. The van der Waals surface area contributed by atoms with Crippen molar-refractivity contribution in [2.24, 2.45) is 0 Å². The Bertz CT molecular complexity index is 287. The van der Waals surface area contributed by atoms with Crippen LogP contribution >= 0.6 is 0 Å². The van der Waals surface area contributed by atoms with Gasteiger partial charge >= 0.3 is 70.9 Å². The molecule has 0 saturated heterocycles. The zero-order valence-corrected chi connectivity index (χ0v) is 7.49. The Kier molecular flexibility index (Phi) is 1.78. The van der Waals surface area contributed by atoms with E-state index in [-0.39, 0.29) is 6.04 Å². The molecule has 0 amide bonds. The fourth-order valence-electron chi connectivity index (χ4n) is 1.12. The molecule has 2 rings (SSSR count). The molecule has 1 aliphatic heterocycles. The number of carbonyl (C=O) groups excluding carboxylic acids is 1. The number of aldehydes is 1. The van der Waals surface area contributed by atoms with E-state index < -0.39 is 0 Å². The van der Waals surface area contributed by atoms with Crippen LogP contribution in [-0.4, -0.2) is 21.5 Å². The van der Waals surface area contributed by atoms with Crippen LogP contribution in [0.5, 0.6) is 0 Å². The van der Waals surface area contributed by atoms with Crippen LogP contribution in [-0.2, 0) is 4.79 Å². The molecule has 1 aliphatic rings. The Morgan fingerprint density at radius 1 is 1.45 bits per heavy atom. The second kappa shape index (κ2) is 2.78. The third kappa shape index (κ3) is 1.11. The van der Waals surface area contributed by atoms with Crippen LogP contribution in [0.2, 0.25) is 0 Å². The van der Waals surface area contributed by atoms with Gasteiger partial charge in [-0.25, -0.2) is 0 Å². The average molecular weight is 212 g/mol. The number of fused-ring (bicyclic) bond motifs is 1. The molecule has 2 nitrogen and oxygen atoms in total.